The molecule has 2 bridgehead atoms. The van der Waals surface area contributed by atoms with Crippen molar-refractivity contribution in [3.63, 3.8) is 0 Å². The van der Waals surface area contributed by atoms with Crippen LogP contribution in [0.1, 0.15) is 25.7 Å². The molecule has 0 aliphatic heterocycles. The SMILES string of the molecule is N#CC1(NCC(F)(F)F)CC2CCC1C2. The average molecular weight is 218 g/mol. The Bertz CT molecular complexity index is 294. The number of hydrogen-bond acceptors (Lipinski definition) is 2. The molecular weight excluding hydrogens is 205 g/mol. The predicted octanol–water partition coefficient (Wildman–Crippen LogP) is 2.22. The van der Waals surface area contributed by atoms with Crippen molar-refractivity contribution < 1.29 is 13.2 Å². The molecule has 2 rings (SSSR count). The van der Waals surface area contributed by atoms with Crippen molar-refractivity contribution in [3.8, 4) is 6.07 Å². The zero-order valence-electron chi connectivity index (χ0n) is 8.27. The average Bonchev–Trinajstić information content (AvgIpc) is 2.73. The molecule has 15 heavy (non-hydrogen) atoms. The maximum atomic E-state index is 12.1. The van der Waals surface area contributed by atoms with Crippen molar-refractivity contribution in [3.05, 3.63) is 0 Å². The highest BCUT2D eigenvalue weighted by Gasteiger charge is 2.52. The van der Waals surface area contributed by atoms with E-state index in [-0.39, 0.29) is 5.92 Å². The van der Waals surface area contributed by atoms with Gasteiger partial charge in [0, 0.05) is 0 Å². The first kappa shape index (κ1) is 10.7. The van der Waals surface area contributed by atoms with Gasteiger partial charge in [0.2, 0.25) is 0 Å². The minimum Gasteiger partial charge on any atom is -0.291 e. The van der Waals surface area contributed by atoms with Crippen molar-refractivity contribution in [2.45, 2.75) is 37.4 Å². The van der Waals surface area contributed by atoms with E-state index in [9.17, 15) is 13.2 Å². The van der Waals surface area contributed by atoms with Gasteiger partial charge in [-0.1, -0.05) is 0 Å². The zero-order valence-corrected chi connectivity index (χ0v) is 8.27. The van der Waals surface area contributed by atoms with Gasteiger partial charge in [0.15, 0.2) is 0 Å². The summed E-state index contributed by atoms with van der Waals surface area (Å²) in [6, 6.07) is 2.07. The number of hydrogen-bond donors (Lipinski definition) is 1. The molecule has 84 valence electrons. The highest BCUT2D eigenvalue weighted by molar-refractivity contribution is 5.18. The number of fused-ring (bicyclic) bond motifs is 2. The Morgan fingerprint density at radius 1 is 1.40 bits per heavy atom. The number of nitrogens with one attached hydrogen (secondary N) is 1. The van der Waals surface area contributed by atoms with Crippen molar-refractivity contribution in [2.24, 2.45) is 11.8 Å². The lowest BCUT2D eigenvalue weighted by Gasteiger charge is -2.32. The van der Waals surface area contributed by atoms with Crippen LogP contribution < -0.4 is 5.32 Å². The first-order valence-corrected chi connectivity index (χ1v) is 5.18. The van der Waals surface area contributed by atoms with Crippen LogP contribution in [0.2, 0.25) is 0 Å². The standard InChI is InChI=1S/C10H13F3N2/c11-10(12,13)6-15-9(5-14)4-7-1-2-8(9)3-7/h7-8,15H,1-4,6H2. The van der Waals surface area contributed by atoms with Gasteiger partial charge in [-0.15, -0.1) is 0 Å². The van der Waals surface area contributed by atoms with Crippen molar-refractivity contribution in [2.75, 3.05) is 6.54 Å². The third-order valence-electron chi connectivity index (χ3n) is 3.65. The van der Waals surface area contributed by atoms with E-state index in [2.05, 4.69) is 11.4 Å². The van der Waals surface area contributed by atoms with Gasteiger partial charge in [-0.25, -0.2) is 0 Å². The fourth-order valence-corrected chi connectivity index (χ4v) is 2.98. The summed E-state index contributed by atoms with van der Waals surface area (Å²) in [4.78, 5) is 0. The van der Waals surface area contributed by atoms with Gasteiger partial charge in [0.1, 0.15) is 5.54 Å². The summed E-state index contributed by atoms with van der Waals surface area (Å²) in [6.07, 6.45) is -0.765. The molecule has 0 radical (unpaired) electrons. The molecule has 5 heteroatoms. The highest BCUT2D eigenvalue weighted by atomic mass is 19.4. The fourth-order valence-electron chi connectivity index (χ4n) is 2.98. The summed E-state index contributed by atoms with van der Waals surface area (Å²) in [7, 11) is 0. The first-order chi connectivity index (χ1) is 6.95. The van der Waals surface area contributed by atoms with Gasteiger partial charge < -0.3 is 0 Å². The topological polar surface area (TPSA) is 35.8 Å². The Morgan fingerprint density at radius 2 is 2.13 bits per heavy atom. The summed E-state index contributed by atoms with van der Waals surface area (Å²) in [5.41, 5.74) is -0.904. The molecule has 0 amide bonds. The number of nitrogens with zero attached hydrogens (tertiary/aromatic N) is 1. The van der Waals surface area contributed by atoms with E-state index in [1.165, 1.54) is 0 Å². The third kappa shape index (κ3) is 1.96. The number of alkyl halides is 3. The van der Waals surface area contributed by atoms with Gasteiger partial charge in [0.25, 0.3) is 0 Å². The maximum absolute atomic E-state index is 12.1. The molecule has 0 spiro atoms. The predicted molar refractivity (Wildman–Crippen MR) is 47.8 cm³/mol. The van der Waals surface area contributed by atoms with E-state index in [0.29, 0.717) is 12.3 Å². The zero-order chi connectivity index (χ0) is 11.1. The maximum Gasteiger partial charge on any atom is 0.401 e. The van der Waals surface area contributed by atoms with Crippen LogP contribution >= 0.6 is 0 Å². The van der Waals surface area contributed by atoms with Crippen LogP contribution in [-0.2, 0) is 0 Å². The molecule has 2 saturated carbocycles. The number of halogens is 3. The molecule has 2 aliphatic rings. The highest BCUT2D eigenvalue weighted by Crippen LogP contribution is 2.50. The Morgan fingerprint density at radius 3 is 2.53 bits per heavy atom. The molecule has 1 N–H and O–H groups in total. The van der Waals surface area contributed by atoms with Crippen LogP contribution in [0.3, 0.4) is 0 Å². The Hall–Kier alpha value is -0.760. The minimum absolute atomic E-state index is 0.120. The molecule has 2 nitrogen and oxygen atoms in total. The van der Waals surface area contributed by atoms with Gasteiger partial charge in [0.05, 0.1) is 12.6 Å². The van der Waals surface area contributed by atoms with Gasteiger partial charge in [-0.3, -0.25) is 5.32 Å². The third-order valence-corrected chi connectivity index (χ3v) is 3.65. The smallest absolute Gasteiger partial charge is 0.291 e. The molecule has 0 heterocycles. The molecule has 3 unspecified atom stereocenters. The molecule has 0 aromatic carbocycles. The van der Waals surface area contributed by atoms with Crippen LogP contribution in [-0.4, -0.2) is 18.3 Å². The quantitative estimate of drug-likeness (QED) is 0.771. The minimum atomic E-state index is -4.23. The molecule has 3 atom stereocenters. The van der Waals surface area contributed by atoms with E-state index in [0.717, 1.165) is 19.3 Å². The summed E-state index contributed by atoms with van der Waals surface area (Å²) >= 11 is 0. The lowest BCUT2D eigenvalue weighted by Crippen LogP contribution is -2.51. The Kier molecular flexibility index (Phi) is 2.42. The Labute approximate surface area is 86.5 Å². The molecule has 2 fully saturated rings. The van der Waals surface area contributed by atoms with Crippen LogP contribution in [0.25, 0.3) is 0 Å². The van der Waals surface area contributed by atoms with Crippen LogP contribution in [0.4, 0.5) is 13.2 Å². The van der Waals surface area contributed by atoms with Crippen LogP contribution in [0.5, 0.6) is 0 Å². The van der Waals surface area contributed by atoms with Crippen molar-refractivity contribution in [1.82, 2.24) is 5.32 Å². The normalized spacial score (nSPS) is 39.3. The second-order valence-electron chi connectivity index (χ2n) is 4.63. The van der Waals surface area contributed by atoms with Gasteiger partial charge in [-0.05, 0) is 37.5 Å². The molecule has 0 aromatic heterocycles. The van der Waals surface area contributed by atoms with Crippen LogP contribution in [0.15, 0.2) is 0 Å². The van der Waals surface area contributed by atoms with Gasteiger partial charge in [-0.2, -0.15) is 18.4 Å². The largest absolute Gasteiger partial charge is 0.401 e. The number of nitriles is 1. The van der Waals surface area contributed by atoms with E-state index >= 15 is 0 Å². The second-order valence-corrected chi connectivity index (χ2v) is 4.63. The van der Waals surface area contributed by atoms with Crippen LogP contribution in [0, 0.1) is 23.2 Å². The van der Waals surface area contributed by atoms with E-state index < -0.39 is 18.3 Å². The van der Waals surface area contributed by atoms with E-state index in [4.69, 9.17) is 5.26 Å². The summed E-state index contributed by atoms with van der Waals surface area (Å²) < 4.78 is 36.3. The summed E-state index contributed by atoms with van der Waals surface area (Å²) in [5.74, 6) is 0.574. The molecule has 0 aromatic rings. The summed E-state index contributed by atoms with van der Waals surface area (Å²) in [5, 5.41) is 11.5. The second kappa shape index (κ2) is 3.38. The van der Waals surface area contributed by atoms with Crippen molar-refractivity contribution >= 4 is 0 Å². The van der Waals surface area contributed by atoms with E-state index in [1.807, 2.05) is 0 Å². The first-order valence-electron chi connectivity index (χ1n) is 5.18. The monoisotopic (exact) mass is 218 g/mol. The summed E-state index contributed by atoms with van der Waals surface area (Å²) in [6.45, 7) is -1.05. The number of rotatable bonds is 2. The van der Waals surface area contributed by atoms with Crippen molar-refractivity contribution in [1.29, 1.82) is 5.26 Å². The fraction of sp³-hybridized carbons (Fsp3) is 0.900. The molecule has 0 saturated heterocycles. The molecule has 2 aliphatic carbocycles. The Balaban J connectivity index is 2.02. The lowest BCUT2D eigenvalue weighted by molar-refractivity contribution is -0.128. The molecular formula is C10H13F3N2. The van der Waals surface area contributed by atoms with E-state index in [1.54, 1.807) is 0 Å². The lowest BCUT2D eigenvalue weighted by atomic mass is 9.82. The van der Waals surface area contributed by atoms with Gasteiger partial charge >= 0.3 is 6.18 Å².